The van der Waals surface area contributed by atoms with E-state index in [4.69, 9.17) is 0 Å². The van der Waals surface area contributed by atoms with Gasteiger partial charge in [0, 0.05) is 33.7 Å². The maximum Gasteiger partial charge on any atom is 0.417 e. The molecule has 0 aromatic heterocycles. The van der Waals surface area contributed by atoms with Crippen molar-refractivity contribution in [3.63, 3.8) is 0 Å². The molecule has 8 atom stereocenters. The van der Waals surface area contributed by atoms with Gasteiger partial charge in [-0.05, 0) is 63.4 Å². The van der Waals surface area contributed by atoms with Gasteiger partial charge in [0.1, 0.15) is 11.3 Å². The fraction of sp³-hybridized carbons (Fsp3) is 0.750. The Morgan fingerprint density at radius 1 is 0.972 bits per heavy atom. The monoisotopic (exact) mass is 520 g/mol. The first kappa shape index (κ1) is 27.5. The zero-order valence-electron chi connectivity index (χ0n) is 20.9. The van der Waals surface area contributed by atoms with Gasteiger partial charge >= 0.3 is 6.18 Å². The van der Waals surface area contributed by atoms with Gasteiger partial charge in [0.25, 0.3) is 6.43 Å². The first-order valence-electron chi connectivity index (χ1n) is 12.5. The molecule has 4 aliphatic rings. The molecule has 0 amide bonds. The van der Waals surface area contributed by atoms with Crippen LogP contribution in [-0.2, 0) is 0 Å². The summed E-state index contributed by atoms with van der Waals surface area (Å²) in [4.78, 5) is 0. The van der Waals surface area contributed by atoms with E-state index in [0.717, 1.165) is 0 Å². The van der Waals surface area contributed by atoms with Crippen molar-refractivity contribution in [2.75, 3.05) is 0 Å². The van der Waals surface area contributed by atoms with Gasteiger partial charge < -0.3 is 5.11 Å². The molecule has 202 valence electrons. The van der Waals surface area contributed by atoms with E-state index in [1.54, 1.807) is 26.0 Å². The Kier molecular flexibility index (Phi) is 5.92. The minimum Gasteiger partial charge on any atom is -0.380 e. The molecule has 0 aromatic rings. The highest BCUT2D eigenvalue weighted by Crippen LogP contribution is 2.81. The topological polar surface area (TPSA) is 20.2 Å². The molecule has 4 fully saturated rings. The normalized spacial score (nSPS) is 50.5. The molecule has 8 heteroatoms. The summed E-state index contributed by atoms with van der Waals surface area (Å²) in [7, 11) is 0. The molecule has 1 nitrogen and oxygen atoms in total. The number of hydrogen-bond donors (Lipinski definition) is 1. The summed E-state index contributed by atoms with van der Waals surface area (Å²) in [6, 6.07) is 0. The number of fused-ring (bicyclic) bond motifs is 5. The smallest absolute Gasteiger partial charge is 0.380 e. The van der Waals surface area contributed by atoms with E-state index in [2.05, 4.69) is 25.5 Å². The van der Waals surface area contributed by atoms with Crippen LogP contribution < -0.4 is 0 Å². The third kappa shape index (κ3) is 2.89. The van der Waals surface area contributed by atoms with Crippen molar-refractivity contribution in [3.05, 3.63) is 43.2 Å². The van der Waals surface area contributed by atoms with E-state index in [9.17, 15) is 27.1 Å². The maximum absolute atomic E-state index is 16.9. The number of halogens is 7. The molecule has 36 heavy (non-hydrogen) atoms. The van der Waals surface area contributed by atoms with E-state index in [1.165, 1.54) is 0 Å². The Morgan fingerprint density at radius 3 is 2.08 bits per heavy atom. The van der Waals surface area contributed by atoms with Crippen LogP contribution in [0.5, 0.6) is 0 Å². The second kappa shape index (κ2) is 7.75. The molecule has 4 rings (SSSR count). The molecule has 0 aromatic carbocycles. The minimum atomic E-state index is -4.98. The van der Waals surface area contributed by atoms with Gasteiger partial charge in [-0.25, -0.2) is 17.6 Å². The standard InChI is InChI=1S/C28H35F7O/c1-6-9-24-13-11-22(5)23(7-2,14-16-27(22,32)18(3)20(29)30)19(24)8-10-25(31)17-26(36,28(33,34)35)15-12-21(24,25)4/h7,9,19-20,36H,1-3,8,10-17H2,4-5H3/t19-,21+,22-,23-,24-,25+,26+,27-/m0/s1. The Labute approximate surface area is 208 Å². The van der Waals surface area contributed by atoms with Crippen LogP contribution in [0.3, 0.4) is 0 Å². The van der Waals surface area contributed by atoms with Crippen LogP contribution in [0.25, 0.3) is 0 Å². The van der Waals surface area contributed by atoms with Crippen LogP contribution in [-0.4, -0.2) is 34.6 Å². The summed E-state index contributed by atoms with van der Waals surface area (Å²) in [6.45, 7) is 14.4. The fourth-order valence-electron chi connectivity index (χ4n) is 9.28. The summed E-state index contributed by atoms with van der Waals surface area (Å²) in [5.74, 6) is -0.482. The van der Waals surface area contributed by atoms with Crippen molar-refractivity contribution in [2.45, 2.75) is 101 Å². The number of rotatable bonds is 4. The van der Waals surface area contributed by atoms with Crippen LogP contribution in [0, 0.1) is 27.6 Å². The molecule has 0 bridgehead atoms. The minimum absolute atomic E-state index is 0.0884. The van der Waals surface area contributed by atoms with Gasteiger partial charge in [0.15, 0.2) is 5.60 Å². The van der Waals surface area contributed by atoms with Crippen LogP contribution in [0.4, 0.5) is 30.7 Å². The van der Waals surface area contributed by atoms with Gasteiger partial charge in [-0.2, -0.15) is 13.2 Å². The average molecular weight is 521 g/mol. The lowest BCUT2D eigenvalue weighted by molar-refractivity contribution is -0.317. The molecule has 4 saturated carbocycles. The molecule has 0 unspecified atom stereocenters. The molecule has 0 radical (unpaired) electrons. The van der Waals surface area contributed by atoms with Crippen molar-refractivity contribution in [3.8, 4) is 0 Å². The third-order valence-corrected chi connectivity index (χ3v) is 11.5. The second-order valence-electron chi connectivity index (χ2n) is 12.2. The molecule has 0 spiro atoms. The van der Waals surface area contributed by atoms with Crippen molar-refractivity contribution < 1.29 is 35.8 Å². The first-order valence-corrected chi connectivity index (χ1v) is 12.5. The number of alkyl halides is 7. The van der Waals surface area contributed by atoms with Crippen molar-refractivity contribution >= 4 is 0 Å². The van der Waals surface area contributed by atoms with Crippen LogP contribution in [0.15, 0.2) is 43.2 Å². The van der Waals surface area contributed by atoms with Crippen molar-refractivity contribution in [2.24, 2.45) is 27.6 Å². The Balaban J connectivity index is 1.88. The largest absolute Gasteiger partial charge is 0.417 e. The lowest BCUT2D eigenvalue weighted by Crippen LogP contribution is -2.71. The van der Waals surface area contributed by atoms with Crippen LogP contribution >= 0.6 is 0 Å². The van der Waals surface area contributed by atoms with Crippen LogP contribution in [0.2, 0.25) is 0 Å². The van der Waals surface area contributed by atoms with Gasteiger partial charge in [0.2, 0.25) is 0 Å². The van der Waals surface area contributed by atoms with Gasteiger partial charge in [-0.1, -0.05) is 33.1 Å². The zero-order chi connectivity index (χ0) is 27.2. The molecular formula is C28H35F7O. The Bertz CT molecular complexity index is 1020. The van der Waals surface area contributed by atoms with Crippen LogP contribution in [0.1, 0.15) is 71.6 Å². The second-order valence-corrected chi connectivity index (χ2v) is 12.2. The summed E-state index contributed by atoms with van der Waals surface area (Å²) < 4.78 is 102. The lowest BCUT2D eigenvalue weighted by atomic mass is 9.33. The Morgan fingerprint density at radius 2 is 1.56 bits per heavy atom. The first-order chi connectivity index (χ1) is 16.4. The molecule has 1 N–H and O–H groups in total. The van der Waals surface area contributed by atoms with E-state index in [1.807, 2.05) is 0 Å². The average Bonchev–Trinajstić information content (AvgIpc) is 3.03. The maximum atomic E-state index is 16.9. The number of allylic oxidation sites excluding steroid dienone is 3. The molecule has 0 saturated heterocycles. The highest BCUT2D eigenvalue weighted by molar-refractivity contribution is 5.37. The van der Waals surface area contributed by atoms with E-state index < -0.39 is 75.5 Å². The fourth-order valence-corrected chi connectivity index (χ4v) is 9.28. The van der Waals surface area contributed by atoms with Gasteiger partial charge in [-0.3, -0.25) is 0 Å². The molecule has 0 heterocycles. The SMILES string of the molecule is C=C=C[C@]12CC[C@@]3(C)[C@@](C=C)(CC[C@]3(F)C(=C)C(F)F)[C@@H]1CC[C@@]1(F)C[C@@](O)(C(F)(F)F)CC[C@@]12C. The summed E-state index contributed by atoms with van der Waals surface area (Å²) in [5.41, 5.74) is -10.6. The van der Waals surface area contributed by atoms with Crippen molar-refractivity contribution in [1.29, 1.82) is 0 Å². The predicted molar refractivity (Wildman–Crippen MR) is 124 cm³/mol. The number of hydrogen-bond acceptors (Lipinski definition) is 1. The van der Waals surface area contributed by atoms with E-state index in [-0.39, 0.29) is 44.9 Å². The third-order valence-electron chi connectivity index (χ3n) is 11.5. The van der Waals surface area contributed by atoms with Crippen molar-refractivity contribution in [1.82, 2.24) is 0 Å². The van der Waals surface area contributed by atoms with E-state index in [0.29, 0.717) is 0 Å². The quantitative estimate of drug-likeness (QED) is 0.225. The Hall–Kier alpha value is -1.53. The number of aliphatic hydroxyl groups is 1. The van der Waals surface area contributed by atoms with Gasteiger partial charge in [0.05, 0.1) is 0 Å². The highest BCUT2D eigenvalue weighted by atomic mass is 19.4. The molecular weight excluding hydrogens is 485 g/mol. The molecule has 0 aliphatic heterocycles. The zero-order valence-corrected chi connectivity index (χ0v) is 20.9. The summed E-state index contributed by atoms with van der Waals surface area (Å²) in [6.07, 6.45) is -6.67. The lowest BCUT2D eigenvalue weighted by Gasteiger charge is -2.71. The van der Waals surface area contributed by atoms with Gasteiger partial charge in [-0.15, -0.1) is 12.3 Å². The molecule has 4 aliphatic carbocycles. The van der Waals surface area contributed by atoms with E-state index >= 15 is 8.78 Å². The summed E-state index contributed by atoms with van der Waals surface area (Å²) >= 11 is 0. The predicted octanol–water partition coefficient (Wildman–Crippen LogP) is 8.21. The highest BCUT2D eigenvalue weighted by Gasteiger charge is 2.79. The summed E-state index contributed by atoms with van der Waals surface area (Å²) in [5, 5.41) is 10.5.